The second-order valence-electron chi connectivity index (χ2n) is 4.09. The van der Waals surface area contributed by atoms with E-state index in [0.717, 1.165) is 31.7 Å². The second kappa shape index (κ2) is 5.02. The molecule has 2 rings (SSSR count). The molecule has 1 aromatic rings. The molecule has 1 N–H and O–H groups in total. The Kier molecular flexibility index (Phi) is 3.66. The van der Waals surface area contributed by atoms with Gasteiger partial charge in [-0.05, 0) is 31.2 Å². The third-order valence-corrected chi connectivity index (χ3v) is 3.26. The van der Waals surface area contributed by atoms with Gasteiger partial charge in [-0.3, -0.25) is 0 Å². The molecule has 1 heterocycles. The van der Waals surface area contributed by atoms with Gasteiger partial charge in [-0.25, -0.2) is 4.39 Å². The van der Waals surface area contributed by atoms with Crippen LogP contribution in [0.1, 0.15) is 13.3 Å². The van der Waals surface area contributed by atoms with E-state index in [1.807, 2.05) is 6.07 Å². The van der Waals surface area contributed by atoms with Crippen LogP contribution in [0.25, 0.3) is 0 Å². The fourth-order valence-electron chi connectivity index (χ4n) is 2.13. The van der Waals surface area contributed by atoms with Gasteiger partial charge in [0.2, 0.25) is 0 Å². The lowest BCUT2D eigenvalue weighted by atomic mass is 10.2. The van der Waals surface area contributed by atoms with Gasteiger partial charge >= 0.3 is 0 Å². The SMILES string of the molecule is CCNC1CCN(c2ccc(Cl)c(F)c2)C1. The Morgan fingerprint density at radius 1 is 1.56 bits per heavy atom. The van der Waals surface area contributed by atoms with Crippen LogP contribution in [-0.4, -0.2) is 25.7 Å². The maximum absolute atomic E-state index is 13.3. The highest BCUT2D eigenvalue weighted by molar-refractivity contribution is 6.30. The van der Waals surface area contributed by atoms with Crippen LogP contribution in [0.5, 0.6) is 0 Å². The summed E-state index contributed by atoms with van der Waals surface area (Å²) < 4.78 is 13.3. The predicted molar refractivity (Wildman–Crippen MR) is 65.7 cm³/mol. The van der Waals surface area contributed by atoms with E-state index in [-0.39, 0.29) is 10.8 Å². The zero-order chi connectivity index (χ0) is 11.5. The zero-order valence-electron chi connectivity index (χ0n) is 9.34. The summed E-state index contributed by atoms with van der Waals surface area (Å²) in [6, 6.07) is 5.52. The van der Waals surface area contributed by atoms with Crippen LogP contribution in [-0.2, 0) is 0 Å². The topological polar surface area (TPSA) is 15.3 Å². The fourth-order valence-corrected chi connectivity index (χ4v) is 2.25. The van der Waals surface area contributed by atoms with Crippen molar-refractivity contribution in [1.82, 2.24) is 5.32 Å². The Hall–Kier alpha value is -0.800. The van der Waals surface area contributed by atoms with Crippen LogP contribution < -0.4 is 10.2 Å². The molecule has 1 aliphatic heterocycles. The first-order valence-corrected chi connectivity index (χ1v) is 6.02. The number of halogens is 2. The second-order valence-corrected chi connectivity index (χ2v) is 4.49. The number of rotatable bonds is 3. The Morgan fingerprint density at radius 3 is 3.06 bits per heavy atom. The van der Waals surface area contributed by atoms with Gasteiger partial charge in [-0.2, -0.15) is 0 Å². The van der Waals surface area contributed by atoms with Crippen molar-refractivity contribution in [2.24, 2.45) is 0 Å². The van der Waals surface area contributed by atoms with Gasteiger partial charge in [0.05, 0.1) is 5.02 Å². The molecule has 1 aliphatic rings. The van der Waals surface area contributed by atoms with Crippen LogP contribution in [0.2, 0.25) is 5.02 Å². The van der Waals surface area contributed by atoms with Crippen molar-refractivity contribution >= 4 is 17.3 Å². The summed E-state index contributed by atoms with van der Waals surface area (Å²) in [5.41, 5.74) is 0.919. The molecule has 2 nitrogen and oxygen atoms in total. The normalized spacial score (nSPS) is 20.4. The van der Waals surface area contributed by atoms with Crippen molar-refractivity contribution < 1.29 is 4.39 Å². The summed E-state index contributed by atoms with van der Waals surface area (Å²) in [6.07, 6.45) is 1.11. The number of hydrogen-bond donors (Lipinski definition) is 1. The van der Waals surface area contributed by atoms with Gasteiger partial charge in [0.15, 0.2) is 0 Å². The summed E-state index contributed by atoms with van der Waals surface area (Å²) in [7, 11) is 0. The molecule has 0 spiro atoms. The molecule has 0 aliphatic carbocycles. The van der Waals surface area contributed by atoms with E-state index in [9.17, 15) is 4.39 Å². The van der Waals surface area contributed by atoms with Crippen LogP contribution in [0.15, 0.2) is 18.2 Å². The largest absolute Gasteiger partial charge is 0.370 e. The molecule has 1 saturated heterocycles. The summed E-state index contributed by atoms with van der Waals surface area (Å²) in [5, 5.41) is 3.59. The van der Waals surface area contributed by atoms with Gasteiger partial charge in [-0.1, -0.05) is 18.5 Å². The van der Waals surface area contributed by atoms with E-state index in [1.54, 1.807) is 6.07 Å². The number of benzene rings is 1. The lowest BCUT2D eigenvalue weighted by Gasteiger charge is -2.19. The molecule has 0 radical (unpaired) electrons. The highest BCUT2D eigenvalue weighted by atomic mass is 35.5. The van der Waals surface area contributed by atoms with E-state index >= 15 is 0 Å². The monoisotopic (exact) mass is 242 g/mol. The predicted octanol–water partition coefficient (Wildman–Crippen LogP) is 2.67. The third-order valence-electron chi connectivity index (χ3n) is 2.95. The molecule has 88 valence electrons. The van der Waals surface area contributed by atoms with E-state index in [1.165, 1.54) is 6.07 Å². The quantitative estimate of drug-likeness (QED) is 0.877. The standard InChI is InChI=1S/C12H16ClFN2/c1-2-15-9-5-6-16(8-9)10-3-4-11(13)12(14)7-10/h3-4,7,9,15H,2,5-6,8H2,1H3. The Bertz CT molecular complexity index is 370. The highest BCUT2D eigenvalue weighted by Crippen LogP contribution is 2.24. The average molecular weight is 243 g/mol. The minimum Gasteiger partial charge on any atom is -0.370 e. The third kappa shape index (κ3) is 2.47. The van der Waals surface area contributed by atoms with Crippen molar-refractivity contribution in [3.05, 3.63) is 29.0 Å². The molecule has 1 atom stereocenters. The fraction of sp³-hybridized carbons (Fsp3) is 0.500. The van der Waals surface area contributed by atoms with Crippen LogP contribution in [0.4, 0.5) is 10.1 Å². The molecule has 0 amide bonds. The zero-order valence-corrected chi connectivity index (χ0v) is 10.1. The average Bonchev–Trinajstić information content (AvgIpc) is 2.71. The van der Waals surface area contributed by atoms with Gasteiger partial charge in [0.1, 0.15) is 5.82 Å². The smallest absolute Gasteiger partial charge is 0.143 e. The van der Waals surface area contributed by atoms with Crippen LogP contribution in [0, 0.1) is 5.82 Å². The number of likely N-dealkylation sites (N-methyl/N-ethyl adjacent to an activating group) is 1. The van der Waals surface area contributed by atoms with Crippen LogP contribution in [0.3, 0.4) is 0 Å². The Morgan fingerprint density at radius 2 is 2.38 bits per heavy atom. The summed E-state index contributed by atoms with van der Waals surface area (Å²) in [6.45, 7) is 4.99. The summed E-state index contributed by atoms with van der Waals surface area (Å²) in [4.78, 5) is 2.19. The maximum Gasteiger partial charge on any atom is 0.143 e. The van der Waals surface area contributed by atoms with Crippen molar-refractivity contribution in [1.29, 1.82) is 0 Å². The first-order valence-electron chi connectivity index (χ1n) is 5.64. The molecule has 0 bridgehead atoms. The molecule has 1 fully saturated rings. The van der Waals surface area contributed by atoms with Gasteiger partial charge < -0.3 is 10.2 Å². The Balaban J connectivity index is 2.05. The van der Waals surface area contributed by atoms with Crippen molar-refractivity contribution in [3.8, 4) is 0 Å². The lowest BCUT2D eigenvalue weighted by Crippen LogP contribution is -2.32. The van der Waals surface area contributed by atoms with Crippen molar-refractivity contribution in [3.63, 3.8) is 0 Å². The van der Waals surface area contributed by atoms with Crippen molar-refractivity contribution in [2.75, 3.05) is 24.5 Å². The number of hydrogen-bond acceptors (Lipinski definition) is 2. The van der Waals surface area contributed by atoms with E-state index < -0.39 is 0 Å². The van der Waals surface area contributed by atoms with Crippen LogP contribution >= 0.6 is 11.6 Å². The minimum atomic E-state index is -0.342. The molecule has 1 aromatic carbocycles. The molecule has 1 unspecified atom stereocenters. The molecular weight excluding hydrogens is 227 g/mol. The van der Waals surface area contributed by atoms with Crippen molar-refractivity contribution in [2.45, 2.75) is 19.4 Å². The maximum atomic E-state index is 13.3. The summed E-state index contributed by atoms with van der Waals surface area (Å²) in [5.74, 6) is -0.342. The Labute approximate surface area is 100 Å². The number of nitrogens with zero attached hydrogens (tertiary/aromatic N) is 1. The lowest BCUT2D eigenvalue weighted by molar-refractivity contribution is 0.571. The molecule has 4 heteroatoms. The van der Waals surface area contributed by atoms with Gasteiger partial charge in [0.25, 0.3) is 0 Å². The molecule has 0 aromatic heterocycles. The van der Waals surface area contributed by atoms with Gasteiger partial charge in [-0.15, -0.1) is 0 Å². The minimum absolute atomic E-state index is 0.186. The molecule has 16 heavy (non-hydrogen) atoms. The first-order chi connectivity index (χ1) is 7.70. The highest BCUT2D eigenvalue weighted by Gasteiger charge is 2.22. The molecular formula is C12H16ClFN2. The van der Waals surface area contributed by atoms with E-state index in [0.29, 0.717) is 6.04 Å². The number of anilines is 1. The molecule has 0 saturated carbocycles. The number of nitrogens with one attached hydrogen (secondary N) is 1. The van der Waals surface area contributed by atoms with Gasteiger partial charge in [0, 0.05) is 24.8 Å². The van der Waals surface area contributed by atoms with E-state index in [2.05, 4.69) is 17.1 Å². The summed E-state index contributed by atoms with van der Waals surface area (Å²) >= 11 is 5.66. The van der Waals surface area contributed by atoms with E-state index in [4.69, 9.17) is 11.6 Å². The first kappa shape index (κ1) is 11.7.